The summed E-state index contributed by atoms with van der Waals surface area (Å²) >= 11 is 0. The Balaban J connectivity index is 2.10. The summed E-state index contributed by atoms with van der Waals surface area (Å²) in [6.07, 6.45) is -0.909. The summed E-state index contributed by atoms with van der Waals surface area (Å²) in [4.78, 5) is 19.1. The lowest BCUT2D eigenvalue weighted by Crippen LogP contribution is -2.25. The SMILES string of the molecule is C=Cc1nc(C(=O)NCc2ncccc2C(F)(F)F)co1. The van der Waals surface area contributed by atoms with E-state index in [1.54, 1.807) is 0 Å². The van der Waals surface area contributed by atoms with Crippen LogP contribution in [0.3, 0.4) is 0 Å². The topological polar surface area (TPSA) is 68.0 Å². The molecule has 0 fully saturated rings. The molecule has 0 saturated heterocycles. The number of nitrogens with one attached hydrogen (secondary N) is 1. The van der Waals surface area contributed by atoms with Gasteiger partial charge in [-0.15, -0.1) is 0 Å². The van der Waals surface area contributed by atoms with Crippen molar-refractivity contribution in [3.63, 3.8) is 0 Å². The van der Waals surface area contributed by atoms with E-state index in [9.17, 15) is 18.0 Å². The van der Waals surface area contributed by atoms with Gasteiger partial charge in [0, 0.05) is 6.20 Å². The van der Waals surface area contributed by atoms with Crippen molar-refractivity contribution in [1.82, 2.24) is 15.3 Å². The van der Waals surface area contributed by atoms with Crippen LogP contribution in [0.15, 0.2) is 35.6 Å². The molecule has 0 radical (unpaired) electrons. The molecule has 1 amide bonds. The Bertz CT molecular complexity index is 665. The van der Waals surface area contributed by atoms with Gasteiger partial charge in [0.2, 0.25) is 5.89 Å². The van der Waals surface area contributed by atoms with Crippen LogP contribution in [0.2, 0.25) is 0 Å². The van der Waals surface area contributed by atoms with Gasteiger partial charge in [-0.3, -0.25) is 9.78 Å². The van der Waals surface area contributed by atoms with Crippen LogP contribution in [0.25, 0.3) is 6.08 Å². The summed E-state index contributed by atoms with van der Waals surface area (Å²) in [6, 6.07) is 2.09. The molecule has 0 saturated carbocycles. The van der Waals surface area contributed by atoms with Crippen molar-refractivity contribution in [2.24, 2.45) is 0 Å². The third-order valence-corrected chi connectivity index (χ3v) is 2.54. The molecule has 5 nitrogen and oxygen atoms in total. The monoisotopic (exact) mass is 297 g/mol. The number of carbonyl (C=O) groups is 1. The average Bonchev–Trinajstić information content (AvgIpc) is 2.93. The lowest BCUT2D eigenvalue weighted by atomic mass is 10.2. The van der Waals surface area contributed by atoms with E-state index in [1.807, 2.05) is 0 Å². The van der Waals surface area contributed by atoms with Crippen molar-refractivity contribution in [1.29, 1.82) is 0 Å². The van der Waals surface area contributed by atoms with Crippen LogP contribution in [0.1, 0.15) is 27.6 Å². The van der Waals surface area contributed by atoms with E-state index in [4.69, 9.17) is 4.42 Å². The number of hydrogen-bond donors (Lipinski definition) is 1. The fourth-order valence-electron chi connectivity index (χ4n) is 1.58. The van der Waals surface area contributed by atoms with Crippen LogP contribution in [-0.4, -0.2) is 15.9 Å². The number of carbonyl (C=O) groups excluding carboxylic acids is 1. The number of pyridine rings is 1. The lowest BCUT2D eigenvalue weighted by molar-refractivity contribution is -0.138. The van der Waals surface area contributed by atoms with Gasteiger partial charge in [0.1, 0.15) is 6.26 Å². The molecule has 0 aromatic carbocycles. The maximum Gasteiger partial charge on any atom is 0.418 e. The maximum atomic E-state index is 12.8. The van der Waals surface area contributed by atoms with Crippen LogP contribution in [0, 0.1) is 0 Å². The second-order valence-corrected chi connectivity index (χ2v) is 3.95. The molecular weight excluding hydrogens is 287 g/mol. The first-order chi connectivity index (χ1) is 9.91. The van der Waals surface area contributed by atoms with E-state index in [0.717, 1.165) is 12.3 Å². The molecule has 110 valence electrons. The van der Waals surface area contributed by atoms with E-state index in [1.165, 1.54) is 18.3 Å². The Morgan fingerprint density at radius 2 is 2.24 bits per heavy atom. The minimum absolute atomic E-state index is 0.0469. The van der Waals surface area contributed by atoms with Gasteiger partial charge in [0.05, 0.1) is 17.8 Å². The maximum absolute atomic E-state index is 12.8. The van der Waals surface area contributed by atoms with Crippen LogP contribution < -0.4 is 5.32 Å². The molecule has 1 N–H and O–H groups in total. The van der Waals surface area contributed by atoms with Gasteiger partial charge in [-0.05, 0) is 18.2 Å². The molecule has 0 aliphatic heterocycles. The zero-order chi connectivity index (χ0) is 15.5. The lowest BCUT2D eigenvalue weighted by Gasteiger charge is -2.11. The Labute approximate surface area is 117 Å². The van der Waals surface area contributed by atoms with Gasteiger partial charge in [0.25, 0.3) is 5.91 Å². The molecule has 2 aromatic rings. The first-order valence-corrected chi connectivity index (χ1v) is 5.79. The number of alkyl halides is 3. The third-order valence-electron chi connectivity index (χ3n) is 2.54. The summed E-state index contributed by atoms with van der Waals surface area (Å²) in [6.45, 7) is 3.04. The number of hydrogen-bond acceptors (Lipinski definition) is 4. The van der Waals surface area contributed by atoms with Gasteiger partial charge in [-0.2, -0.15) is 13.2 Å². The number of rotatable bonds is 4. The van der Waals surface area contributed by atoms with E-state index in [-0.39, 0.29) is 23.8 Å². The Morgan fingerprint density at radius 3 is 2.86 bits per heavy atom. The van der Waals surface area contributed by atoms with Gasteiger partial charge in [-0.25, -0.2) is 4.98 Å². The van der Waals surface area contributed by atoms with Crippen molar-refractivity contribution < 1.29 is 22.4 Å². The molecule has 0 aliphatic rings. The van der Waals surface area contributed by atoms with Crippen molar-refractivity contribution in [2.75, 3.05) is 0 Å². The highest BCUT2D eigenvalue weighted by atomic mass is 19.4. The Kier molecular flexibility index (Phi) is 4.06. The fraction of sp³-hybridized carbons (Fsp3) is 0.154. The van der Waals surface area contributed by atoms with E-state index >= 15 is 0 Å². The Hall–Kier alpha value is -2.64. The summed E-state index contributed by atoms with van der Waals surface area (Å²) in [5, 5.41) is 2.31. The van der Waals surface area contributed by atoms with Crippen LogP contribution in [-0.2, 0) is 12.7 Å². The largest absolute Gasteiger partial charge is 0.444 e. The predicted octanol–water partition coefficient (Wildman–Crippen LogP) is 2.66. The second-order valence-electron chi connectivity index (χ2n) is 3.95. The van der Waals surface area contributed by atoms with Crippen molar-refractivity contribution in [2.45, 2.75) is 12.7 Å². The first-order valence-electron chi connectivity index (χ1n) is 5.79. The summed E-state index contributed by atoms with van der Waals surface area (Å²) in [7, 11) is 0. The highest BCUT2D eigenvalue weighted by molar-refractivity contribution is 5.92. The number of amides is 1. The molecule has 2 aromatic heterocycles. The number of oxazole rings is 1. The summed E-state index contributed by atoms with van der Waals surface area (Å²) in [5.74, 6) is -0.514. The molecule has 0 aliphatic carbocycles. The zero-order valence-electron chi connectivity index (χ0n) is 10.6. The second kappa shape index (κ2) is 5.78. The summed E-state index contributed by atoms with van der Waals surface area (Å²) < 4.78 is 43.1. The molecule has 8 heteroatoms. The number of aromatic nitrogens is 2. The van der Waals surface area contributed by atoms with Crippen molar-refractivity contribution in [3.05, 3.63) is 54.0 Å². The normalized spacial score (nSPS) is 11.2. The highest BCUT2D eigenvalue weighted by Crippen LogP contribution is 2.30. The van der Waals surface area contributed by atoms with Gasteiger partial charge in [0.15, 0.2) is 5.69 Å². The standard InChI is InChI=1S/C13H10F3N3O2/c1-2-11-19-10(7-21-11)12(20)18-6-9-8(13(14,15)16)4-3-5-17-9/h2-5,7H,1,6H2,(H,18,20). The smallest absolute Gasteiger partial charge is 0.418 e. The van der Waals surface area contributed by atoms with Crippen molar-refractivity contribution in [3.8, 4) is 0 Å². The molecule has 0 spiro atoms. The molecule has 0 bridgehead atoms. The molecule has 2 rings (SSSR count). The highest BCUT2D eigenvalue weighted by Gasteiger charge is 2.33. The van der Waals surface area contributed by atoms with E-state index in [2.05, 4.69) is 21.9 Å². The van der Waals surface area contributed by atoms with Crippen LogP contribution >= 0.6 is 0 Å². The van der Waals surface area contributed by atoms with E-state index in [0.29, 0.717) is 0 Å². The third kappa shape index (κ3) is 3.47. The van der Waals surface area contributed by atoms with Gasteiger partial charge in [-0.1, -0.05) is 6.58 Å². The average molecular weight is 297 g/mol. The number of halogens is 3. The molecule has 0 unspecified atom stereocenters. The fourth-order valence-corrected chi connectivity index (χ4v) is 1.58. The van der Waals surface area contributed by atoms with Crippen molar-refractivity contribution >= 4 is 12.0 Å². The van der Waals surface area contributed by atoms with Crippen LogP contribution in [0.4, 0.5) is 13.2 Å². The quantitative estimate of drug-likeness (QED) is 0.942. The predicted molar refractivity (Wildman–Crippen MR) is 67.0 cm³/mol. The molecule has 2 heterocycles. The minimum Gasteiger partial charge on any atom is -0.444 e. The molecular formula is C13H10F3N3O2. The first kappa shape index (κ1) is 14.8. The summed E-state index contributed by atoms with van der Waals surface area (Å²) in [5.41, 5.74) is -1.21. The molecule has 0 atom stereocenters. The molecule has 21 heavy (non-hydrogen) atoms. The van der Waals surface area contributed by atoms with Gasteiger partial charge < -0.3 is 9.73 Å². The number of nitrogens with zero attached hydrogens (tertiary/aromatic N) is 2. The van der Waals surface area contributed by atoms with Crippen LogP contribution in [0.5, 0.6) is 0 Å². The van der Waals surface area contributed by atoms with Gasteiger partial charge >= 0.3 is 6.18 Å². The van der Waals surface area contributed by atoms with E-state index < -0.39 is 17.6 Å². The zero-order valence-corrected chi connectivity index (χ0v) is 10.6. The Morgan fingerprint density at radius 1 is 1.48 bits per heavy atom. The minimum atomic E-state index is -4.53.